The zero-order valence-corrected chi connectivity index (χ0v) is 15.1. The van der Waals surface area contributed by atoms with Crippen molar-refractivity contribution in [1.29, 1.82) is 0 Å². The fourth-order valence-corrected chi connectivity index (χ4v) is 3.42. The maximum absolute atomic E-state index is 12.1. The topological polar surface area (TPSA) is 90.4 Å². The first kappa shape index (κ1) is 18.2. The van der Waals surface area contributed by atoms with E-state index in [1.165, 1.54) is 30.6 Å². The van der Waals surface area contributed by atoms with Crippen molar-refractivity contribution in [2.24, 2.45) is 0 Å². The summed E-state index contributed by atoms with van der Waals surface area (Å²) in [5.41, 5.74) is 1.67. The maximum atomic E-state index is 12.1. The number of carbonyl (C=O) groups excluding carboxylic acids is 1. The van der Waals surface area contributed by atoms with Gasteiger partial charge in [0.15, 0.2) is 5.01 Å². The van der Waals surface area contributed by atoms with E-state index in [0.717, 1.165) is 18.8 Å². The molecule has 1 aliphatic rings. The van der Waals surface area contributed by atoms with E-state index in [9.17, 15) is 9.90 Å². The Morgan fingerprint density at radius 1 is 1.38 bits per heavy atom. The molecule has 1 atom stereocenters. The largest absolute Gasteiger partial charge is 0.394 e. The van der Waals surface area contributed by atoms with Gasteiger partial charge in [0.1, 0.15) is 5.82 Å². The van der Waals surface area contributed by atoms with Crippen molar-refractivity contribution >= 4 is 28.9 Å². The first-order chi connectivity index (χ1) is 12.7. The standard InChI is InChI=1S/C18H21N5O2S/c1-2-17-21-16(12-26-17)22-18(25)20-15(11-24)14-7-6-13(10-19-14)23-8-4-3-5-9-23/h1,6-7,10,12,15,24H,3-5,8-9,11H2,(H2,20,22,25). The molecule has 0 aliphatic carbocycles. The lowest BCUT2D eigenvalue weighted by molar-refractivity contribution is 0.224. The molecule has 3 N–H and O–H groups in total. The van der Waals surface area contributed by atoms with Crippen LogP contribution in [0.3, 0.4) is 0 Å². The summed E-state index contributed by atoms with van der Waals surface area (Å²) in [4.78, 5) is 22.9. The quantitative estimate of drug-likeness (QED) is 0.702. The van der Waals surface area contributed by atoms with E-state index in [0.29, 0.717) is 16.5 Å². The van der Waals surface area contributed by atoms with Gasteiger partial charge in [0, 0.05) is 18.5 Å². The number of nitrogens with zero attached hydrogens (tertiary/aromatic N) is 3. The van der Waals surface area contributed by atoms with Crippen LogP contribution in [0.2, 0.25) is 0 Å². The van der Waals surface area contributed by atoms with E-state index in [1.807, 2.05) is 12.1 Å². The number of hydrogen-bond donors (Lipinski definition) is 3. The molecule has 1 saturated heterocycles. The Hall–Kier alpha value is -2.63. The van der Waals surface area contributed by atoms with Gasteiger partial charge in [-0.15, -0.1) is 17.8 Å². The van der Waals surface area contributed by atoms with Gasteiger partial charge in [0.05, 0.1) is 30.2 Å². The second-order valence-electron chi connectivity index (χ2n) is 6.00. The molecule has 0 spiro atoms. The van der Waals surface area contributed by atoms with Crippen LogP contribution in [0.25, 0.3) is 0 Å². The number of urea groups is 1. The Kier molecular flexibility index (Phi) is 6.04. The Bertz CT molecular complexity index is 778. The van der Waals surface area contributed by atoms with E-state index in [4.69, 9.17) is 6.42 Å². The summed E-state index contributed by atoms with van der Waals surface area (Å²) < 4.78 is 0. The normalized spacial score (nSPS) is 15.2. The number of pyridine rings is 1. The van der Waals surface area contributed by atoms with Crippen molar-refractivity contribution in [2.75, 3.05) is 29.9 Å². The van der Waals surface area contributed by atoms with Crippen LogP contribution in [0.1, 0.15) is 36.0 Å². The van der Waals surface area contributed by atoms with E-state index in [-0.39, 0.29) is 6.61 Å². The summed E-state index contributed by atoms with van der Waals surface area (Å²) in [6, 6.07) is 2.75. The molecule has 8 heteroatoms. The molecule has 136 valence electrons. The molecular formula is C18H21N5O2S. The van der Waals surface area contributed by atoms with Crippen LogP contribution < -0.4 is 15.5 Å². The summed E-state index contributed by atoms with van der Waals surface area (Å²) >= 11 is 1.27. The van der Waals surface area contributed by atoms with Gasteiger partial charge in [-0.05, 0) is 37.3 Å². The number of anilines is 2. The number of piperidine rings is 1. The fraction of sp³-hybridized carbons (Fsp3) is 0.389. The van der Waals surface area contributed by atoms with Crippen LogP contribution in [0, 0.1) is 12.3 Å². The molecule has 0 saturated carbocycles. The first-order valence-corrected chi connectivity index (χ1v) is 9.39. The Morgan fingerprint density at radius 3 is 2.81 bits per heavy atom. The highest BCUT2D eigenvalue weighted by Gasteiger charge is 2.17. The minimum Gasteiger partial charge on any atom is -0.394 e. The van der Waals surface area contributed by atoms with Crippen molar-refractivity contribution < 1.29 is 9.90 Å². The molecule has 7 nitrogen and oxygen atoms in total. The molecular weight excluding hydrogens is 350 g/mol. The van der Waals surface area contributed by atoms with Gasteiger partial charge < -0.3 is 15.3 Å². The smallest absolute Gasteiger partial charge is 0.321 e. The van der Waals surface area contributed by atoms with E-state index in [2.05, 4.69) is 31.4 Å². The van der Waals surface area contributed by atoms with Crippen LogP contribution in [-0.2, 0) is 0 Å². The van der Waals surface area contributed by atoms with Gasteiger partial charge in [0.2, 0.25) is 0 Å². The third-order valence-electron chi connectivity index (χ3n) is 4.21. The summed E-state index contributed by atoms with van der Waals surface area (Å²) in [7, 11) is 0. The predicted molar refractivity (Wildman–Crippen MR) is 102 cm³/mol. The monoisotopic (exact) mass is 371 g/mol. The Balaban J connectivity index is 1.60. The zero-order chi connectivity index (χ0) is 18.4. The van der Waals surface area contributed by atoms with Crippen molar-refractivity contribution in [1.82, 2.24) is 15.3 Å². The van der Waals surface area contributed by atoms with Gasteiger partial charge >= 0.3 is 6.03 Å². The molecule has 26 heavy (non-hydrogen) atoms. The Labute approximate surface area is 156 Å². The lowest BCUT2D eigenvalue weighted by Gasteiger charge is -2.28. The van der Waals surface area contributed by atoms with E-state index >= 15 is 0 Å². The molecule has 1 aliphatic heterocycles. The zero-order valence-electron chi connectivity index (χ0n) is 14.3. The number of aliphatic hydroxyl groups is 1. The second kappa shape index (κ2) is 8.65. The average molecular weight is 371 g/mol. The summed E-state index contributed by atoms with van der Waals surface area (Å²) in [5, 5.41) is 17.1. The molecule has 2 amide bonds. The van der Waals surface area contributed by atoms with Gasteiger partial charge in [-0.3, -0.25) is 10.3 Å². The Morgan fingerprint density at radius 2 is 2.19 bits per heavy atom. The number of hydrogen-bond acceptors (Lipinski definition) is 6. The summed E-state index contributed by atoms with van der Waals surface area (Å²) in [5.74, 6) is 2.79. The number of aromatic nitrogens is 2. The van der Waals surface area contributed by atoms with Crippen LogP contribution >= 0.6 is 11.3 Å². The molecule has 3 heterocycles. The number of terminal acetylenes is 1. The fourth-order valence-electron chi connectivity index (χ4n) is 2.86. The van der Waals surface area contributed by atoms with Crippen molar-refractivity contribution in [3.05, 3.63) is 34.4 Å². The molecule has 2 aromatic heterocycles. The van der Waals surface area contributed by atoms with Crippen molar-refractivity contribution in [2.45, 2.75) is 25.3 Å². The van der Waals surface area contributed by atoms with Gasteiger partial charge in [0.25, 0.3) is 0 Å². The molecule has 1 unspecified atom stereocenters. The third-order valence-corrected chi connectivity index (χ3v) is 4.98. The average Bonchev–Trinajstić information content (AvgIpc) is 3.14. The summed E-state index contributed by atoms with van der Waals surface area (Å²) in [6.45, 7) is 1.83. The highest BCUT2D eigenvalue weighted by atomic mass is 32.1. The number of amides is 2. The molecule has 1 fully saturated rings. The molecule has 0 radical (unpaired) electrons. The second-order valence-corrected chi connectivity index (χ2v) is 6.86. The molecule has 3 rings (SSSR count). The lowest BCUT2D eigenvalue weighted by Crippen LogP contribution is -2.35. The minimum atomic E-state index is -0.601. The highest BCUT2D eigenvalue weighted by molar-refractivity contribution is 7.10. The van der Waals surface area contributed by atoms with Crippen LogP contribution in [0.5, 0.6) is 0 Å². The van der Waals surface area contributed by atoms with Crippen LogP contribution in [-0.4, -0.2) is 40.8 Å². The summed E-state index contributed by atoms with van der Waals surface area (Å²) in [6.07, 6.45) is 10.7. The van der Waals surface area contributed by atoms with Gasteiger partial charge in [-0.2, -0.15) is 0 Å². The van der Waals surface area contributed by atoms with Gasteiger partial charge in [-0.25, -0.2) is 9.78 Å². The number of thiazole rings is 1. The minimum absolute atomic E-state index is 0.254. The molecule has 0 bridgehead atoms. The van der Waals surface area contributed by atoms with E-state index in [1.54, 1.807) is 11.6 Å². The molecule has 2 aromatic rings. The van der Waals surface area contributed by atoms with Crippen molar-refractivity contribution in [3.63, 3.8) is 0 Å². The number of carbonyl (C=O) groups is 1. The third kappa shape index (κ3) is 4.50. The number of nitrogens with one attached hydrogen (secondary N) is 2. The number of rotatable bonds is 5. The SMILES string of the molecule is C#Cc1nc(NC(=O)NC(CO)c2ccc(N3CCCCC3)cn2)cs1. The molecule has 0 aromatic carbocycles. The van der Waals surface area contributed by atoms with Crippen molar-refractivity contribution in [3.8, 4) is 12.3 Å². The first-order valence-electron chi connectivity index (χ1n) is 8.51. The predicted octanol–water partition coefficient (Wildman–Crippen LogP) is 2.36. The lowest BCUT2D eigenvalue weighted by atomic mass is 10.1. The van der Waals surface area contributed by atoms with Crippen LogP contribution in [0.15, 0.2) is 23.7 Å². The van der Waals surface area contributed by atoms with Gasteiger partial charge in [-0.1, -0.05) is 0 Å². The number of aliphatic hydroxyl groups excluding tert-OH is 1. The van der Waals surface area contributed by atoms with Crippen LogP contribution in [0.4, 0.5) is 16.3 Å². The van der Waals surface area contributed by atoms with E-state index < -0.39 is 12.1 Å². The maximum Gasteiger partial charge on any atom is 0.321 e. The highest BCUT2D eigenvalue weighted by Crippen LogP contribution is 2.21.